The second-order valence-electron chi connectivity index (χ2n) is 6.47. The summed E-state index contributed by atoms with van der Waals surface area (Å²) in [5.41, 5.74) is 0. The minimum Gasteiger partial charge on any atom is -0.469 e. The Labute approximate surface area is 160 Å². The second-order valence-corrected chi connectivity index (χ2v) is 6.47. The lowest BCUT2D eigenvalue weighted by atomic mass is 9.97. The number of esters is 2. The minimum absolute atomic E-state index is 0.00264. The molecular weight excluding hydrogens is 360 g/mol. The largest absolute Gasteiger partial charge is 0.469 e. The molecule has 2 heterocycles. The number of carbonyl (C=O) groups is 2. The van der Waals surface area contributed by atoms with Gasteiger partial charge in [0.25, 0.3) is 0 Å². The molecular formula is C18H32O9. The molecule has 27 heavy (non-hydrogen) atoms. The first-order chi connectivity index (χ1) is 12.8. The van der Waals surface area contributed by atoms with Gasteiger partial charge < -0.3 is 33.2 Å². The summed E-state index contributed by atoms with van der Waals surface area (Å²) in [5.74, 6) is -0.913. The highest BCUT2D eigenvalue weighted by molar-refractivity contribution is 5.75. The van der Waals surface area contributed by atoms with Crippen LogP contribution in [0.1, 0.15) is 20.3 Å². The summed E-state index contributed by atoms with van der Waals surface area (Å²) in [7, 11) is 7.45. The molecule has 2 aliphatic heterocycles. The van der Waals surface area contributed by atoms with E-state index in [2.05, 4.69) is 4.74 Å². The zero-order chi connectivity index (χ0) is 20.6. The second kappa shape index (κ2) is 11.6. The molecule has 0 aromatic rings. The highest BCUT2D eigenvalue weighted by atomic mass is 16.7. The summed E-state index contributed by atoms with van der Waals surface area (Å²) in [6.07, 6.45) is -0.381. The molecule has 2 rings (SSSR count). The Hall–Kier alpha value is -1.26. The van der Waals surface area contributed by atoms with Crippen molar-refractivity contribution in [2.24, 2.45) is 5.92 Å². The van der Waals surface area contributed by atoms with E-state index in [1.165, 1.54) is 21.3 Å². The van der Waals surface area contributed by atoms with Gasteiger partial charge in [0.15, 0.2) is 6.10 Å². The van der Waals surface area contributed by atoms with Gasteiger partial charge in [-0.05, 0) is 20.3 Å². The molecule has 0 bridgehead atoms. The number of hydrogen-bond acceptors (Lipinski definition) is 9. The van der Waals surface area contributed by atoms with E-state index in [4.69, 9.17) is 28.4 Å². The van der Waals surface area contributed by atoms with Crippen LogP contribution in [0.2, 0.25) is 0 Å². The molecule has 0 aromatic carbocycles. The van der Waals surface area contributed by atoms with Crippen LogP contribution < -0.4 is 0 Å². The minimum atomic E-state index is -0.640. The van der Waals surface area contributed by atoms with Crippen LogP contribution in [0.3, 0.4) is 0 Å². The van der Waals surface area contributed by atoms with Crippen LogP contribution >= 0.6 is 0 Å². The Morgan fingerprint density at radius 2 is 1.70 bits per heavy atom. The van der Waals surface area contributed by atoms with E-state index in [0.717, 1.165) is 0 Å². The zero-order valence-corrected chi connectivity index (χ0v) is 17.1. The summed E-state index contributed by atoms with van der Waals surface area (Å²) in [6.45, 7) is 4.21. The van der Waals surface area contributed by atoms with Crippen molar-refractivity contribution in [2.75, 3.05) is 42.2 Å². The summed E-state index contributed by atoms with van der Waals surface area (Å²) in [5, 5.41) is 0. The maximum Gasteiger partial charge on any atom is 0.337 e. The van der Waals surface area contributed by atoms with E-state index in [9.17, 15) is 9.59 Å². The van der Waals surface area contributed by atoms with Gasteiger partial charge in [-0.15, -0.1) is 0 Å². The van der Waals surface area contributed by atoms with Crippen molar-refractivity contribution < 1.29 is 42.7 Å². The van der Waals surface area contributed by atoms with E-state index < -0.39 is 12.1 Å². The fraction of sp³-hybridized carbons (Fsp3) is 0.889. The van der Waals surface area contributed by atoms with Gasteiger partial charge in [0, 0.05) is 21.3 Å². The van der Waals surface area contributed by atoms with Crippen LogP contribution in [0.15, 0.2) is 0 Å². The molecule has 9 nitrogen and oxygen atoms in total. The molecule has 158 valence electrons. The third kappa shape index (κ3) is 6.69. The molecule has 0 N–H and O–H groups in total. The van der Waals surface area contributed by atoms with Crippen LogP contribution in [-0.4, -0.2) is 90.7 Å². The summed E-state index contributed by atoms with van der Waals surface area (Å²) < 4.78 is 35.2. The zero-order valence-electron chi connectivity index (χ0n) is 17.1. The van der Waals surface area contributed by atoms with Gasteiger partial charge in [0.05, 0.1) is 39.0 Å². The molecule has 2 saturated heterocycles. The van der Waals surface area contributed by atoms with Gasteiger partial charge in [-0.2, -0.15) is 0 Å². The van der Waals surface area contributed by atoms with Crippen LogP contribution in [0.25, 0.3) is 0 Å². The predicted octanol–water partition coefficient (Wildman–Crippen LogP) is 0.576. The lowest BCUT2D eigenvalue weighted by Gasteiger charge is -2.25. The molecule has 0 spiro atoms. The number of methoxy groups -OCH3 is 5. The van der Waals surface area contributed by atoms with Crippen molar-refractivity contribution in [3.63, 3.8) is 0 Å². The van der Waals surface area contributed by atoms with E-state index in [1.807, 2.05) is 13.8 Å². The molecule has 0 aromatic heterocycles. The highest BCUT2D eigenvalue weighted by Gasteiger charge is 2.55. The molecule has 7 atom stereocenters. The van der Waals surface area contributed by atoms with Crippen LogP contribution in [0.5, 0.6) is 0 Å². The SMILES string of the molecule is COC(=O)C(CC(C)OC)C(C)OC.COC(=O)C1OCC2OC2C1OC. The van der Waals surface area contributed by atoms with Crippen molar-refractivity contribution in [1.82, 2.24) is 0 Å². The van der Waals surface area contributed by atoms with Crippen molar-refractivity contribution in [2.45, 2.75) is 56.9 Å². The van der Waals surface area contributed by atoms with E-state index in [0.29, 0.717) is 13.0 Å². The summed E-state index contributed by atoms with van der Waals surface area (Å²) in [6, 6.07) is 0. The smallest absolute Gasteiger partial charge is 0.337 e. The van der Waals surface area contributed by atoms with Gasteiger partial charge in [0.1, 0.15) is 18.3 Å². The van der Waals surface area contributed by atoms with E-state index >= 15 is 0 Å². The summed E-state index contributed by atoms with van der Waals surface area (Å²) >= 11 is 0. The average Bonchev–Trinajstić information content (AvgIpc) is 3.49. The maximum atomic E-state index is 11.4. The molecule has 0 radical (unpaired) electrons. The fourth-order valence-electron chi connectivity index (χ4n) is 2.87. The highest BCUT2D eigenvalue weighted by Crippen LogP contribution is 2.34. The number of carbonyl (C=O) groups excluding carboxylic acids is 2. The molecule has 7 unspecified atom stereocenters. The number of epoxide rings is 1. The fourth-order valence-corrected chi connectivity index (χ4v) is 2.87. The lowest BCUT2D eigenvalue weighted by molar-refractivity contribution is -0.167. The summed E-state index contributed by atoms with van der Waals surface area (Å²) in [4.78, 5) is 22.6. The molecule has 2 aliphatic rings. The first-order valence-electron chi connectivity index (χ1n) is 8.85. The Balaban J connectivity index is 0.000000270. The van der Waals surface area contributed by atoms with Gasteiger partial charge in [-0.25, -0.2) is 4.79 Å². The molecule has 9 heteroatoms. The molecule has 0 aliphatic carbocycles. The maximum absolute atomic E-state index is 11.4. The third-order valence-electron chi connectivity index (χ3n) is 4.82. The number of rotatable bonds is 8. The van der Waals surface area contributed by atoms with Crippen LogP contribution in [0, 0.1) is 5.92 Å². The van der Waals surface area contributed by atoms with Gasteiger partial charge in [-0.3, -0.25) is 4.79 Å². The normalized spacial score (nSPS) is 29.3. The predicted molar refractivity (Wildman–Crippen MR) is 94.3 cm³/mol. The van der Waals surface area contributed by atoms with Gasteiger partial charge in [-0.1, -0.05) is 0 Å². The lowest BCUT2D eigenvalue weighted by Crippen LogP contribution is -2.46. The van der Waals surface area contributed by atoms with Gasteiger partial charge in [0.2, 0.25) is 0 Å². The van der Waals surface area contributed by atoms with Crippen LogP contribution in [-0.2, 0) is 42.7 Å². The number of hydrogen-bond donors (Lipinski definition) is 0. The third-order valence-corrected chi connectivity index (χ3v) is 4.82. The van der Waals surface area contributed by atoms with Gasteiger partial charge >= 0.3 is 11.9 Å². The Morgan fingerprint density at radius 1 is 1.04 bits per heavy atom. The van der Waals surface area contributed by atoms with Crippen molar-refractivity contribution in [3.05, 3.63) is 0 Å². The number of ether oxygens (including phenoxy) is 7. The average molecular weight is 392 g/mol. The monoisotopic (exact) mass is 392 g/mol. The number of fused-ring (bicyclic) bond motifs is 1. The Morgan fingerprint density at radius 3 is 2.19 bits per heavy atom. The van der Waals surface area contributed by atoms with E-state index in [-0.39, 0.29) is 42.4 Å². The van der Waals surface area contributed by atoms with E-state index in [1.54, 1.807) is 14.2 Å². The van der Waals surface area contributed by atoms with Crippen LogP contribution in [0.4, 0.5) is 0 Å². The Bertz CT molecular complexity index is 470. The van der Waals surface area contributed by atoms with Crippen molar-refractivity contribution in [1.29, 1.82) is 0 Å². The first-order valence-corrected chi connectivity index (χ1v) is 8.85. The topological polar surface area (TPSA) is 102 Å². The standard InChI is InChI=1S/C10H20O4.C8H12O5/c1-7(12-3)6-9(8(2)13-4)10(11)14-5;1-10-6-5-4(13-5)3-12-7(6)8(9)11-2/h7-9H,6H2,1-5H3;4-7H,3H2,1-2H3. The van der Waals surface area contributed by atoms with Crippen molar-refractivity contribution in [3.8, 4) is 0 Å². The first kappa shape index (κ1) is 23.8. The molecule has 0 saturated carbocycles. The Kier molecular flexibility index (Phi) is 10.2. The molecule has 0 amide bonds. The quantitative estimate of drug-likeness (QED) is 0.433. The van der Waals surface area contributed by atoms with Crippen molar-refractivity contribution >= 4 is 11.9 Å². The molecule has 2 fully saturated rings.